The van der Waals surface area contributed by atoms with E-state index in [1.807, 2.05) is 0 Å². The van der Waals surface area contributed by atoms with Crippen LogP contribution in [-0.4, -0.2) is 28.2 Å². The highest BCUT2D eigenvalue weighted by Crippen LogP contribution is 2.25. The number of sulfonamides is 1. The van der Waals surface area contributed by atoms with E-state index in [4.69, 9.17) is 4.74 Å². The van der Waals surface area contributed by atoms with E-state index in [9.17, 15) is 8.42 Å². The second-order valence-corrected chi connectivity index (χ2v) is 8.00. The van der Waals surface area contributed by atoms with Gasteiger partial charge in [-0.2, -0.15) is 0 Å². The lowest BCUT2D eigenvalue weighted by Gasteiger charge is -2.11. The molecule has 1 fully saturated rings. The van der Waals surface area contributed by atoms with Crippen LogP contribution in [0.2, 0.25) is 0 Å². The number of halogens is 2. The van der Waals surface area contributed by atoms with Crippen molar-refractivity contribution in [2.45, 2.75) is 17.7 Å². The summed E-state index contributed by atoms with van der Waals surface area (Å²) in [6.07, 6.45) is 1.83. The van der Waals surface area contributed by atoms with Gasteiger partial charge in [-0.25, -0.2) is 13.1 Å². The number of rotatable bonds is 5. The van der Waals surface area contributed by atoms with Gasteiger partial charge >= 0.3 is 0 Å². The Balaban J connectivity index is 1.99. The smallest absolute Gasteiger partial charge is 0.241 e. The SMILES string of the molecule is O=S(=O)(NCCC1CCOC1)c1cc(Br)ccc1Br. The van der Waals surface area contributed by atoms with Gasteiger partial charge in [-0.3, -0.25) is 0 Å². The minimum Gasteiger partial charge on any atom is -0.381 e. The molecule has 1 saturated heterocycles. The van der Waals surface area contributed by atoms with Gasteiger partial charge in [0.05, 0.1) is 4.90 Å². The molecule has 0 radical (unpaired) electrons. The summed E-state index contributed by atoms with van der Waals surface area (Å²) >= 11 is 6.55. The van der Waals surface area contributed by atoms with Crippen LogP contribution in [0.1, 0.15) is 12.8 Å². The Kier molecular flexibility index (Phi) is 5.42. The molecule has 1 aromatic carbocycles. The molecule has 1 aromatic rings. The first-order valence-corrected chi connectivity index (χ1v) is 9.08. The van der Waals surface area contributed by atoms with Crippen molar-refractivity contribution < 1.29 is 13.2 Å². The first-order valence-electron chi connectivity index (χ1n) is 6.01. The van der Waals surface area contributed by atoms with Crippen LogP contribution < -0.4 is 4.72 Å². The fourth-order valence-corrected chi connectivity index (χ4v) is 4.52. The van der Waals surface area contributed by atoms with Crippen molar-refractivity contribution in [3.63, 3.8) is 0 Å². The minimum absolute atomic E-state index is 0.254. The van der Waals surface area contributed by atoms with Crippen molar-refractivity contribution in [1.29, 1.82) is 0 Å². The minimum atomic E-state index is -3.47. The van der Waals surface area contributed by atoms with E-state index in [1.165, 1.54) is 0 Å². The summed E-state index contributed by atoms with van der Waals surface area (Å²) in [4.78, 5) is 0.254. The molecule has 0 aromatic heterocycles. The molecule has 1 aliphatic rings. The Hall–Kier alpha value is 0.0500. The summed E-state index contributed by atoms with van der Waals surface area (Å²) in [6, 6.07) is 5.09. The lowest BCUT2D eigenvalue weighted by molar-refractivity contribution is 0.184. The molecule has 7 heteroatoms. The maximum absolute atomic E-state index is 12.2. The maximum atomic E-state index is 12.2. The zero-order valence-electron chi connectivity index (χ0n) is 10.2. The van der Waals surface area contributed by atoms with Gasteiger partial charge in [0.25, 0.3) is 0 Å². The monoisotopic (exact) mass is 411 g/mol. The molecule has 1 unspecified atom stereocenters. The zero-order valence-corrected chi connectivity index (χ0v) is 14.2. The molecule has 0 spiro atoms. The fraction of sp³-hybridized carbons (Fsp3) is 0.500. The molecule has 106 valence electrons. The third kappa shape index (κ3) is 4.26. The van der Waals surface area contributed by atoms with Gasteiger partial charge in [0.2, 0.25) is 10.0 Å². The van der Waals surface area contributed by atoms with Crippen molar-refractivity contribution in [2.75, 3.05) is 19.8 Å². The predicted molar refractivity (Wildman–Crippen MR) is 80.6 cm³/mol. The Morgan fingerprint density at radius 3 is 2.84 bits per heavy atom. The van der Waals surface area contributed by atoms with Gasteiger partial charge < -0.3 is 4.74 Å². The largest absolute Gasteiger partial charge is 0.381 e. The topological polar surface area (TPSA) is 55.4 Å². The van der Waals surface area contributed by atoms with Crippen molar-refractivity contribution in [3.05, 3.63) is 27.1 Å². The number of hydrogen-bond donors (Lipinski definition) is 1. The Morgan fingerprint density at radius 2 is 2.16 bits per heavy atom. The standard InChI is InChI=1S/C12H15Br2NO3S/c13-10-1-2-11(14)12(7-10)19(16,17)15-5-3-9-4-6-18-8-9/h1-2,7,9,15H,3-6,8H2. The first kappa shape index (κ1) is 15.4. The van der Waals surface area contributed by atoms with E-state index in [0.29, 0.717) is 16.9 Å². The lowest BCUT2D eigenvalue weighted by atomic mass is 10.1. The van der Waals surface area contributed by atoms with E-state index >= 15 is 0 Å². The Labute approximate surface area is 130 Å². The molecule has 0 aliphatic carbocycles. The fourth-order valence-electron chi connectivity index (χ4n) is 1.97. The van der Waals surface area contributed by atoms with Gasteiger partial charge in [-0.05, 0) is 52.9 Å². The van der Waals surface area contributed by atoms with E-state index in [1.54, 1.807) is 18.2 Å². The van der Waals surface area contributed by atoms with Crippen LogP contribution in [0.25, 0.3) is 0 Å². The summed E-state index contributed by atoms with van der Waals surface area (Å²) in [5.74, 6) is 0.466. The second-order valence-electron chi connectivity index (χ2n) is 4.49. The van der Waals surface area contributed by atoms with Crippen molar-refractivity contribution in [2.24, 2.45) is 5.92 Å². The van der Waals surface area contributed by atoms with Gasteiger partial charge in [-0.15, -0.1) is 0 Å². The molecule has 1 heterocycles. The lowest BCUT2D eigenvalue weighted by Crippen LogP contribution is -2.26. The summed E-state index contributed by atoms with van der Waals surface area (Å²) in [7, 11) is -3.47. The number of ether oxygens (including phenoxy) is 1. The van der Waals surface area contributed by atoms with E-state index in [0.717, 1.165) is 30.5 Å². The molecule has 1 atom stereocenters. The van der Waals surface area contributed by atoms with E-state index in [2.05, 4.69) is 36.6 Å². The molecule has 4 nitrogen and oxygen atoms in total. The molecular formula is C12H15Br2NO3S. The third-order valence-corrected chi connectivity index (χ3v) is 6.00. The van der Waals surface area contributed by atoms with Gasteiger partial charge in [0, 0.05) is 28.7 Å². The Bertz CT molecular complexity index is 542. The quantitative estimate of drug-likeness (QED) is 0.808. The van der Waals surface area contributed by atoms with Crippen molar-refractivity contribution >= 4 is 41.9 Å². The second kappa shape index (κ2) is 6.67. The zero-order chi connectivity index (χ0) is 13.9. The van der Waals surface area contributed by atoms with Crippen molar-refractivity contribution in [1.82, 2.24) is 4.72 Å². The van der Waals surface area contributed by atoms with Crippen molar-refractivity contribution in [3.8, 4) is 0 Å². The number of hydrogen-bond acceptors (Lipinski definition) is 3. The van der Waals surface area contributed by atoms with Crippen LogP contribution in [0.15, 0.2) is 32.0 Å². The summed E-state index contributed by atoms with van der Waals surface area (Å²) in [5.41, 5.74) is 0. The number of nitrogens with one attached hydrogen (secondary N) is 1. The molecule has 1 aliphatic heterocycles. The van der Waals surface area contributed by atoms with Crippen LogP contribution in [0, 0.1) is 5.92 Å². The maximum Gasteiger partial charge on any atom is 0.241 e. The molecular weight excluding hydrogens is 398 g/mol. The van der Waals surface area contributed by atoms with Crippen LogP contribution >= 0.6 is 31.9 Å². The summed E-state index contributed by atoms with van der Waals surface area (Å²) in [5, 5.41) is 0. The predicted octanol–water partition coefficient (Wildman–Crippen LogP) is 2.92. The normalized spacial score (nSPS) is 19.8. The van der Waals surface area contributed by atoms with Crippen LogP contribution in [-0.2, 0) is 14.8 Å². The van der Waals surface area contributed by atoms with E-state index in [-0.39, 0.29) is 4.90 Å². The molecule has 1 N–H and O–H groups in total. The molecule has 0 saturated carbocycles. The van der Waals surface area contributed by atoms with Crippen LogP contribution in [0.3, 0.4) is 0 Å². The molecule has 0 bridgehead atoms. The van der Waals surface area contributed by atoms with E-state index < -0.39 is 10.0 Å². The molecule has 19 heavy (non-hydrogen) atoms. The molecule has 2 rings (SSSR count). The van der Waals surface area contributed by atoms with Gasteiger partial charge in [0.15, 0.2) is 0 Å². The number of benzene rings is 1. The average molecular weight is 413 g/mol. The summed E-state index contributed by atoms with van der Waals surface area (Å²) in [6.45, 7) is 1.96. The highest BCUT2D eigenvalue weighted by atomic mass is 79.9. The molecule has 0 amide bonds. The van der Waals surface area contributed by atoms with Crippen LogP contribution in [0.4, 0.5) is 0 Å². The highest BCUT2D eigenvalue weighted by Gasteiger charge is 2.20. The average Bonchev–Trinajstić information content (AvgIpc) is 2.85. The highest BCUT2D eigenvalue weighted by molar-refractivity contribution is 9.11. The van der Waals surface area contributed by atoms with Gasteiger partial charge in [0.1, 0.15) is 0 Å². The van der Waals surface area contributed by atoms with Gasteiger partial charge in [-0.1, -0.05) is 15.9 Å². The Morgan fingerprint density at radius 1 is 1.37 bits per heavy atom. The summed E-state index contributed by atoms with van der Waals surface area (Å²) < 4.78 is 33.6. The first-order chi connectivity index (χ1) is 8.99. The van der Waals surface area contributed by atoms with Crippen LogP contribution in [0.5, 0.6) is 0 Å². The third-order valence-electron chi connectivity index (χ3n) is 3.05.